The van der Waals surface area contributed by atoms with Crippen molar-refractivity contribution in [3.05, 3.63) is 20.3 Å². The highest BCUT2D eigenvalue weighted by Gasteiger charge is 2.30. The molecule has 0 spiro atoms. The molecule has 0 amide bonds. The molecule has 2 rings (SSSR count). The molecule has 1 fully saturated rings. The smallest absolute Gasteiger partial charge is 0.100 e. The predicted octanol–water partition coefficient (Wildman–Crippen LogP) is 3.49. The zero-order valence-corrected chi connectivity index (χ0v) is 11.0. The maximum Gasteiger partial charge on any atom is 0.100 e. The van der Waals surface area contributed by atoms with Gasteiger partial charge in [0.15, 0.2) is 0 Å². The first kappa shape index (κ1) is 11.7. The van der Waals surface area contributed by atoms with Crippen molar-refractivity contribution in [1.29, 1.82) is 0 Å². The molecule has 1 unspecified atom stereocenters. The molecule has 15 heavy (non-hydrogen) atoms. The number of ether oxygens (including phenoxy) is 1. The van der Waals surface area contributed by atoms with Crippen LogP contribution in [-0.2, 0) is 4.74 Å². The average molecular weight is 266 g/mol. The quantitative estimate of drug-likeness (QED) is 0.840. The molecule has 2 heterocycles. The minimum absolute atomic E-state index is 0.00463. The molecule has 2 nitrogen and oxygen atoms in total. The molecule has 0 radical (unpaired) electrons. The zero-order valence-electron chi connectivity index (χ0n) is 8.64. The minimum Gasteiger partial charge on any atom is -0.365 e. The molecule has 1 aromatic rings. The summed E-state index contributed by atoms with van der Waals surface area (Å²) in [7, 11) is 0. The SMILES string of the molecule is CC1(C)CNCC(c2cc(Cl)sc2Cl)O1. The van der Waals surface area contributed by atoms with Crippen LogP contribution >= 0.6 is 34.5 Å². The normalized spacial score (nSPS) is 25.5. The van der Waals surface area contributed by atoms with Crippen molar-refractivity contribution in [3.8, 4) is 0 Å². The van der Waals surface area contributed by atoms with Crippen molar-refractivity contribution in [2.75, 3.05) is 13.1 Å². The fourth-order valence-corrected chi connectivity index (χ4v) is 3.28. The number of halogens is 2. The molecule has 1 aliphatic heterocycles. The van der Waals surface area contributed by atoms with Gasteiger partial charge in [-0.25, -0.2) is 0 Å². The van der Waals surface area contributed by atoms with Crippen LogP contribution in [0.1, 0.15) is 25.5 Å². The van der Waals surface area contributed by atoms with Crippen molar-refractivity contribution in [1.82, 2.24) is 5.32 Å². The Morgan fingerprint density at radius 1 is 1.53 bits per heavy atom. The first-order valence-electron chi connectivity index (χ1n) is 4.81. The largest absolute Gasteiger partial charge is 0.365 e. The Bertz CT molecular complexity index is 364. The Kier molecular flexibility index (Phi) is 3.29. The average Bonchev–Trinajstić information content (AvgIpc) is 2.43. The van der Waals surface area contributed by atoms with Crippen LogP contribution in [0.5, 0.6) is 0 Å². The van der Waals surface area contributed by atoms with Gasteiger partial charge in [0.2, 0.25) is 0 Å². The van der Waals surface area contributed by atoms with E-state index in [1.165, 1.54) is 11.3 Å². The molecule has 1 N–H and O–H groups in total. The summed E-state index contributed by atoms with van der Waals surface area (Å²) in [6, 6.07) is 1.89. The van der Waals surface area contributed by atoms with Crippen molar-refractivity contribution >= 4 is 34.5 Å². The van der Waals surface area contributed by atoms with Gasteiger partial charge in [-0.3, -0.25) is 0 Å². The Hall–Kier alpha value is 0.200. The van der Waals surface area contributed by atoms with Gasteiger partial charge in [0.1, 0.15) is 4.34 Å². The summed E-state index contributed by atoms with van der Waals surface area (Å²) in [5, 5.41) is 3.34. The van der Waals surface area contributed by atoms with Crippen molar-refractivity contribution < 1.29 is 4.74 Å². The van der Waals surface area contributed by atoms with Crippen LogP contribution < -0.4 is 5.32 Å². The van der Waals surface area contributed by atoms with Crippen LogP contribution in [-0.4, -0.2) is 18.7 Å². The highest BCUT2D eigenvalue weighted by atomic mass is 35.5. The number of hydrogen-bond acceptors (Lipinski definition) is 3. The van der Waals surface area contributed by atoms with Crippen LogP contribution in [0.4, 0.5) is 0 Å². The summed E-state index contributed by atoms with van der Waals surface area (Å²) in [5.41, 5.74) is 0.840. The summed E-state index contributed by atoms with van der Waals surface area (Å²) >= 11 is 13.4. The third-order valence-electron chi connectivity index (χ3n) is 2.37. The van der Waals surface area contributed by atoms with E-state index in [4.69, 9.17) is 27.9 Å². The van der Waals surface area contributed by atoms with Crippen molar-refractivity contribution in [2.24, 2.45) is 0 Å². The molecular formula is C10H13Cl2NOS. The van der Waals surface area contributed by atoms with Crippen LogP contribution in [0.3, 0.4) is 0 Å². The van der Waals surface area contributed by atoms with Crippen LogP contribution in [0.2, 0.25) is 8.67 Å². The second kappa shape index (κ2) is 4.22. The van der Waals surface area contributed by atoms with Crippen LogP contribution in [0.15, 0.2) is 6.07 Å². The molecule has 1 aliphatic rings. The summed E-state index contributed by atoms with van der Waals surface area (Å²) < 4.78 is 7.39. The first-order valence-corrected chi connectivity index (χ1v) is 6.38. The Labute approximate surface area is 104 Å². The molecular weight excluding hydrogens is 253 g/mol. The summed E-state index contributed by atoms with van der Waals surface area (Å²) in [6.07, 6.45) is 0.00463. The monoisotopic (exact) mass is 265 g/mol. The standard InChI is InChI=1S/C10H13Cl2NOS/c1-10(2)5-13-4-7(14-10)6-3-8(11)15-9(6)12/h3,7,13H,4-5H2,1-2H3. The van der Waals surface area contributed by atoms with Gasteiger partial charge < -0.3 is 10.1 Å². The van der Waals surface area contributed by atoms with E-state index in [2.05, 4.69) is 19.2 Å². The number of thiophene rings is 1. The van der Waals surface area contributed by atoms with Crippen molar-refractivity contribution in [2.45, 2.75) is 25.6 Å². The molecule has 0 aliphatic carbocycles. The summed E-state index contributed by atoms with van der Waals surface area (Å²) in [4.78, 5) is 0. The lowest BCUT2D eigenvalue weighted by molar-refractivity contribution is -0.0956. The minimum atomic E-state index is -0.152. The van der Waals surface area contributed by atoms with E-state index in [9.17, 15) is 0 Å². The van der Waals surface area contributed by atoms with E-state index >= 15 is 0 Å². The third-order valence-corrected chi connectivity index (χ3v) is 3.89. The van der Waals surface area contributed by atoms with E-state index in [1.807, 2.05) is 6.07 Å². The van der Waals surface area contributed by atoms with E-state index in [-0.39, 0.29) is 11.7 Å². The second-order valence-corrected chi connectivity index (χ2v) is 6.56. The molecule has 1 aromatic heterocycles. The van der Waals surface area contributed by atoms with Crippen molar-refractivity contribution in [3.63, 3.8) is 0 Å². The highest BCUT2D eigenvalue weighted by molar-refractivity contribution is 7.20. The molecule has 84 valence electrons. The number of nitrogens with one attached hydrogen (secondary N) is 1. The first-order chi connectivity index (χ1) is 6.98. The van der Waals surface area contributed by atoms with E-state index in [0.717, 1.165) is 23.0 Å². The van der Waals surface area contributed by atoms with Crippen LogP contribution in [0, 0.1) is 0 Å². The van der Waals surface area contributed by atoms with E-state index < -0.39 is 0 Å². The van der Waals surface area contributed by atoms with Gasteiger partial charge in [-0.2, -0.15) is 0 Å². The molecule has 1 saturated heterocycles. The number of hydrogen-bond donors (Lipinski definition) is 1. The zero-order chi connectivity index (χ0) is 11.1. The highest BCUT2D eigenvalue weighted by Crippen LogP contribution is 2.38. The van der Waals surface area contributed by atoms with Gasteiger partial charge in [0.05, 0.1) is 16.0 Å². The molecule has 0 aromatic carbocycles. The fourth-order valence-electron chi connectivity index (χ4n) is 1.72. The van der Waals surface area contributed by atoms with Gasteiger partial charge in [-0.15, -0.1) is 11.3 Å². The third kappa shape index (κ3) is 2.66. The second-order valence-electron chi connectivity index (χ2n) is 4.28. The summed E-state index contributed by atoms with van der Waals surface area (Å²) in [5.74, 6) is 0. The lowest BCUT2D eigenvalue weighted by Gasteiger charge is -2.36. The fraction of sp³-hybridized carbons (Fsp3) is 0.600. The topological polar surface area (TPSA) is 21.3 Å². The Balaban J connectivity index is 2.20. The van der Waals surface area contributed by atoms with Gasteiger partial charge in [0.25, 0.3) is 0 Å². The van der Waals surface area contributed by atoms with Gasteiger partial charge in [0, 0.05) is 18.7 Å². The van der Waals surface area contributed by atoms with Gasteiger partial charge in [-0.1, -0.05) is 23.2 Å². The van der Waals surface area contributed by atoms with Gasteiger partial charge >= 0.3 is 0 Å². The Morgan fingerprint density at radius 2 is 2.27 bits per heavy atom. The lowest BCUT2D eigenvalue weighted by Crippen LogP contribution is -2.46. The Morgan fingerprint density at radius 3 is 2.80 bits per heavy atom. The molecule has 1 atom stereocenters. The van der Waals surface area contributed by atoms with E-state index in [1.54, 1.807) is 0 Å². The summed E-state index contributed by atoms with van der Waals surface area (Å²) in [6.45, 7) is 5.78. The lowest BCUT2D eigenvalue weighted by atomic mass is 10.0. The number of morpholine rings is 1. The maximum atomic E-state index is 6.10. The van der Waals surface area contributed by atoms with E-state index in [0.29, 0.717) is 4.34 Å². The molecule has 0 saturated carbocycles. The maximum absolute atomic E-state index is 6.10. The number of rotatable bonds is 1. The molecule has 5 heteroatoms. The predicted molar refractivity (Wildman–Crippen MR) is 65.1 cm³/mol. The van der Waals surface area contributed by atoms with Gasteiger partial charge in [-0.05, 0) is 19.9 Å². The van der Waals surface area contributed by atoms with Crippen LogP contribution in [0.25, 0.3) is 0 Å². The molecule has 0 bridgehead atoms.